The number of thiazole rings is 1. The van der Waals surface area contributed by atoms with E-state index in [0.29, 0.717) is 22.5 Å². The monoisotopic (exact) mass is 481 g/mol. The Labute approximate surface area is 198 Å². The first-order chi connectivity index (χ1) is 15.9. The summed E-state index contributed by atoms with van der Waals surface area (Å²) in [5.74, 6) is 0.461. The van der Waals surface area contributed by atoms with Crippen LogP contribution < -0.4 is 15.0 Å². The van der Waals surface area contributed by atoms with Crippen LogP contribution in [0, 0.1) is 12.8 Å². The highest BCUT2D eigenvalue weighted by Gasteiger charge is 2.35. The first kappa shape index (κ1) is 21.4. The third-order valence-corrected chi connectivity index (χ3v) is 6.73. The van der Waals surface area contributed by atoms with Gasteiger partial charge in [0, 0.05) is 29.7 Å². The minimum absolute atomic E-state index is 0.0951. The number of hydrogen-bond acceptors (Lipinski definition) is 6. The molecule has 1 atom stereocenters. The van der Waals surface area contributed by atoms with Gasteiger partial charge in [-0.2, -0.15) is 9.78 Å². The van der Waals surface area contributed by atoms with Crippen molar-refractivity contribution in [1.82, 2.24) is 14.8 Å². The summed E-state index contributed by atoms with van der Waals surface area (Å²) in [7, 11) is 1.62. The van der Waals surface area contributed by atoms with Crippen LogP contribution in [0.3, 0.4) is 0 Å². The number of amides is 2. The van der Waals surface area contributed by atoms with E-state index in [0.717, 1.165) is 27.3 Å². The molecule has 2 aromatic heterocycles. The maximum absolute atomic E-state index is 13.1. The van der Waals surface area contributed by atoms with Gasteiger partial charge in [-0.1, -0.05) is 22.9 Å². The Morgan fingerprint density at radius 3 is 2.76 bits per heavy atom. The van der Waals surface area contributed by atoms with Crippen molar-refractivity contribution in [2.75, 3.05) is 23.9 Å². The minimum Gasteiger partial charge on any atom is -0.497 e. The van der Waals surface area contributed by atoms with Gasteiger partial charge in [0.1, 0.15) is 11.6 Å². The second-order valence-corrected chi connectivity index (χ2v) is 9.23. The Bertz CT molecular complexity index is 1360. The Morgan fingerprint density at radius 1 is 1.21 bits per heavy atom. The molecule has 4 aromatic rings. The molecular weight excluding hydrogens is 462 g/mol. The summed E-state index contributed by atoms with van der Waals surface area (Å²) in [5.41, 5.74) is 2.29. The number of methoxy groups -OCH3 is 1. The summed E-state index contributed by atoms with van der Waals surface area (Å²) in [6.07, 6.45) is 0.141. The van der Waals surface area contributed by atoms with Gasteiger partial charge in [0.2, 0.25) is 16.9 Å². The van der Waals surface area contributed by atoms with E-state index >= 15 is 0 Å². The molecule has 0 spiro atoms. The fourth-order valence-electron chi connectivity index (χ4n) is 3.83. The molecule has 33 heavy (non-hydrogen) atoms. The van der Waals surface area contributed by atoms with Crippen LogP contribution in [0.1, 0.15) is 12.1 Å². The second kappa shape index (κ2) is 8.49. The lowest BCUT2D eigenvalue weighted by molar-refractivity contribution is -0.122. The van der Waals surface area contributed by atoms with Gasteiger partial charge in [-0.3, -0.25) is 9.59 Å². The van der Waals surface area contributed by atoms with Crippen molar-refractivity contribution in [1.29, 1.82) is 0 Å². The van der Waals surface area contributed by atoms with Crippen molar-refractivity contribution < 1.29 is 14.3 Å². The molecule has 1 saturated heterocycles. The first-order valence-electron chi connectivity index (χ1n) is 10.3. The van der Waals surface area contributed by atoms with Gasteiger partial charge in [0.15, 0.2) is 0 Å². The van der Waals surface area contributed by atoms with Crippen LogP contribution in [0.15, 0.2) is 48.5 Å². The summed E-state index contributed by atoms with van der Waals surface area (Å²) in [4.78, 5) is 31.9. The van der Waals surface area contributed by atoms with Gasteiger partial charge in [0.05, 0.1) is 28.9 Å². The van der Waals surface area contributed by atoms with Crippen molar-refractivity contribution >= 4 is 56.5 Å². The average molecular weight is 482 g/mol. The highest BCUT2D eigenvalue weighted by atomic mass is 35.5. The zero-order valence-electron chi connectivity index (χ0n) is 17.9. The smallest absolute Gasteiger partial charge is 0.230 e. The van der Waals surface area contributed by atoms with Crippen LogP contribution in [-0.4, -0.2) is 40.2 Å². The molecule has 10 heteroatoms. The Morgan fingerprint density at radius 2 is 2.00 bits per heavy atom. The molecule has 0 aliphatic carbocycles. The van der Waals surface area contributed by atoms with Gasteiger partial charge in [-0.05, 0) is 49.4 Å². The number of nitrogens with zero attached hydrogens (tertiary/aromatic N) is 4. The standard InChI is InChI=1S/C23H20ClN5O3S/c1-13-9-20(29(27-13)23-25-18-8-7-17(32-2)11-19(18)33-23)26-22(31)14-10-21(30)28(12-14)16-5-3-15(24)4-6-16/h3-9,11,14H,10,12H2,1-2H3,(H,26,31). The van der Waals surface area contributed by atoms with E-state index in [1.165, 1.54) is 11.3 Å². The van der Waals surface area contributed by atoms with Crippen molar-refractivity contribution in [3.8, 4) is 10.9 Å². The third kappa shape index (κ3) is 4.17. The molecule has 0 saturated carbocycles. The Hall–Kier alpha value is -3.43. The lowest BCUT2D eigenvalue weighted by Gasteiger charge is -2.16. The van der Waals surface area contributed by atoms with Crippen LogP contribution in [0.5, 0.6) is 5.75 Å². The molecule has 2 aromatic carbocycles. The number of carbonyl (C=O) groups excluding carboxylic acids is 2. The van der Waals surface area contributed by atoms with E-state index in [9.17, 15) is 9.59 Å². The molecular formula is C23H20ClN5O3S. The molecule has 0 radical (unpaired) electrons. The lowest BCUT2D eigenvalue weighted by atomic mass is 10.1. The number of carbonyl (C=O) groups is 2. The molecule has 3 heterocycles. The normalized spacial score (nSPS) is 15.9. The number of aromatic nitrogens is 3. The molecule has 1 unspecified atom stereocenters. The molecule has 1 aliphatic rings. The number of rotatable bonds is 5. The molecule has 1 fully saturated rings. The predicted octanol–water partition coefficient (Wildman–Crippen LogP) is 4.44. The molecule has 2 amide bonds. The third-order valence-electron chi connectivity index (χ3n) is 5.48. The molecule has 1 N–H and O–H groups in total. The molecule has 1 aliphatic heterocycles. The molecule has 0 bridgehead atoms. The van der Waals surface area contributed by atoms with Crippen LogP contribution in [0.2, 0.25) is 5.02 Å². The highest BCUT2D eigenvalue weighted by Crippen LogP contribution is 2.31. The molecule has 5 rings (SSSR count). The summed E-state index contributed by atoms with van der Waals surface area (Å²) in [6.45, 7) is 2.16. The summed E-state index contributed by atoms with van der Waals surface area (Å²) < 4.78 is 7.87. The van der Waals surface area contributed by atoms with E-state index in [-0.39, 0.29) is 18.2 Å². The van der Waals surface area contributed by atoms with Gasteiger partial charge in [0.25, 0.3) is 0 Å². The van der Waals surface area contributed by atoms with E-state index in [1.807, 2.05) is 25.1 Å². The van der Waals surface area contributed by atoms with E-state index in [1.54, 1.807) is 47.0 Å². The molecule has 168 valence electrons. The first-order valence-corrected chi connectivity index (χ1v) is 11.5. The van der Waals surface area contributed by atoms with Gasteiger partial charge in [-0.15, -0.1) is 0 Å². The van der Waals surface area contributed by atoms with Crippen LogP contribution in [0.4, 0.5) is 11.5 Å². The van der Waals surface area contributed by atoms with Gasteiger partial charge in [-0.25, -0.2) is 4.98 Å². The number of aryl methyl sites for hydroxylation is 1. The summed E-state index contributed by atoms with van der Waals surface area (Å²) in [6, 6.07) is 14.5. The Balaban J connectivity index is 1.37. The number of benzene rings is 2. The number of nitrogens with one attached hydrogen (secondary N) is 1. The largest absolute Gasteiger partial charge is 0.497 e. The number of anilines is 2. The van der Waals surface area contributed by atoms with Crippen molar-refractivity contribution in [3.05, 3.63) is 59.2 Å². The number of fused-ring (bicyclic) bond motifs is 1. The maximum atomic E-state index is 13.1. The van der Waals surface area contributed by atoms with Crippen molar-refractivity contribution in [2.24, 2.45) is 5.92 Å². The van der Waals surface area contributed by atoms with Crippen LogP contribution >= 0.6 is 22.9 Å². The van der Waals surface area contributed by atoms with Crippen LogP contribution in [0.25, 0.3) is 15.3 Å². The summed E-state index contributed by atoms with van der Waals surface area (Å²) >= 11 is 7.40. The van der Waals surface area contributed by atoms with Crippen LogP contribution in [-0.2, 0) is 9.59 Å². The number of hydrogen-bond donors (Lipinski definition) is 1. The second-order valence-electron chi connectivity index (χ2n) is 7.78. The summed E-state index contributed by atoms with van der Waals surface area (Å²) in [5, 5.41) is 8.68. The lowest BCUT2D eigenvalue weighted by Crippen LogP contribution is -2.28. The fraction of sp³-hybridized carbons (Fsp3) is 0.217. The van der Waals surface area contributed by atoms with E-state index in [2.05, 4.69) is 15.4 Å². The number of ether oxygens (including phenoxy) is 1. The quantitative estimate of drug-likeness (QED) is 0.455. The SMILES string of the molecule is COc1ccc2nc(-n3nc(C)cc3NC(=O)C3CC(=O)N(c4ccc(Cl)cc4)C3)sc2c1. The maximum Gasteiger partial charge on any atom is 0.230 e. The van der Waals surface area contributed by atoms with E-state index in [4.69, 9.17) is 16.3 Å². The van der Waals surface area contributed by atoms with Gasteiger partial charge >= 0.3 is 0 Å². The topological polar surface area (TPSA) is 89.3 Å². The van der Waals surface area contributed by atoms with Crippen molar-refractivity contribution in [3.63, 3.8) is 0 Å². The Kier molecular flexibility index (Phi) is 5.51. The average Bonchev–Trinajstić information content (AvgIpc) is 3.50. The zero-order valence-corrected chi connectivity index (χ0v) is 19.5. The minimum atomic E-state index is -0.475. The highest BCUT2D eigenvalue weighted by molar-refractivity contribution is 7.20. The van der Waals surface area contributed by atoms with Gasteiger partial charge < -0.3 is 15.0 Å². The number of halogens is 1. The fourth-order valence-corrected chi connectivity index (χ4v) is 4.91. The van der Waals surface area contributed by atoms with E-state index < -0.39 is 5.92 Å². The predicted molar refractivity (Wildman–Crippen MR) is 129 cm³/mol. The molecule has 8 nitrogen and oxygen atoms in total. The zero-order chi connectivity index (χ0) is 23.1. The van der Waals surface area contributed by atoms with Crippen molar-refractivity contribution in [2.45, 2.75) is 13.3 Å².